The average molecular weight is 412 g/mol. The molecule has 5 nitrogen and oxygen atoms in total. The predicted octanol–water partition coefficient (Wildman–Crippen LogP) is 4.72. The lowest BCUT2D eigenvalue weighted by Crippen LogP contribution is -2.36. The van der Waals surface area contributed by atoms with Crippen molar-refractivity contribution in [1.29, 1.82) is 0 Å². The molecule has 3 aromatic rings. The van der Waals surface area contributed by atoms with E-state index in [4.69, 9.17) is 4.74 Å². The molecule has 7 heteroatoms. The Morgan fingerprint density at radius 3 is 2.34 bits per heavy atom. The second-order valence-corrected chi connectivity index (χ2v) is 7.11. The Hall–Kier alpha value is -3.06. The molecular weight excluding hydrogens is 391 g/mol. The van der Waals surface area contributed by atoms with Crippen molar-refractivity contribution in [3.8, 4) is 10.6 Å². The van der Waals surface area contributed by atoms with E-state index in [1.165, 1.54) is 23.5 Å². The van der Waals surface area contributed by atoms with Gasteiger partial charge in [0.2, 0.25) is 6.10 Å². The van der Waals surface area contributed by atoms with E-state index in [0.29, 0.717) is 29.2 Å². The van der Waals surface area contributed by atoms with Crippen LogP contribution in [0.5, 0.6) is 0 Å². The molecule has 0 unspecified atom stereocenters. The lowest BCUT2D eigenvalue weighted by molar-refractivity contribution is -0.140. The molecule has 2 aromatic carbocycles. The third kappa shape index (κ3) is 4.86. The largest absolute Gasteiger partial charge is 0.443 e. The van der Waals surface area contributed by atoms with Gasteiger partial charge in [0, 0.05) is 29.6 Å². The van der Waals surface area contributed by atoms with E-state index in [0.717, 1.165) is 0 Å². The average Bonchev–Trinajstić information content (AvgIpc) is 3.24. The molecule has 0 aliphatic rings. The first-order valence-corrected chi connectivity index (χ1v) is 10.2. The number of benzene rings is 2. The minimum atomic E-state index is -1.04. The van der Waals surface area contributed by atoms with E-state index < -0.39 is 12.1 Å². The number of amides is 1. The van der Waals surface area contributed by atoms with Crippen molar-refractivity contribution in [1.82, 2.24) is 9.88 Å². The number of nitrogens with zero attached hydrogens (tertiary/aromatic N) is 2. The van der Waals surface area contributed by atoms with Crippen molar-refractivity contribution in [3.63, 3.8) is 0 Å². The molecule has 0 aliphatic heterocycles. The number of aromatic nitrogens is 1. The summed E-state index contributed by atoms with van der Waals surface area (Å²) in [6, 6.07) is 14.8. The summed E-state index contributed by atoms with van der Waals surface area (Å²) in [7, 11) is 0. The summed E-state index contributed by atoms with van der Waals surface area (Å²) in [6.07, 6.45) is -1.04. The van der Waals surface area contributed by atoms with Crippen molar-refractivity contribution in [3.05, 3.63) is 77.1 Å². The quantitative estimate of drug-likeness (QED) is 0.527. The molecule has 1 aromatic heterocycles. The first kappa shape index (κ1) is 20.7. The maximum absolute atomic E-state index is 13.1. The molecule has 0 saturated heterocycles. The van der Waals surface area contributed by atoms with Crippen molar-refractivity contribution in [2.45, 2.75) is 20.0 Å². The maximum Gasteiger partial charge on any atom is 0.358 e. The SMILES string of the molecule is CCN(CC)C(=O)[C@H](OC(=O)c1csc(-c2ccc(F)cc2)n1)c1ccccc1. The van der Waals surface area contributed by atoms with Gasteiger partial charge in [0.15, 0.2) is 5.69 Å². The fourth-order valence-electron chi connectivity index (χ4n) is 2.85. The molecule has 0 bridgehead atoms. The Balaban J connectivity index is 1.83. The van der Waals surface area contributed by atoms with Gasteiger partial charge in [-0.2, -0.15) is 0 Å². The Morgan fingerprint density at radius 1 is 1.07 bits per heavy atom. The van der Waals surface area contributed by atoms with Gasteiger partial charge in [0.05, 0.1) is 0 Å². The summed E-state index contributed by atoms with van der Waals surface area (Å²) >= 11 is 1.25. The van der Waals surface area contributed by atoms with Crippen LogP contribution in [0.4, 0.5) is 4.39 Å². The van der Waals surface area contributed by atoms with Crippen LogP contribution >= 0.6 is 11.3 Å². The number of ether oxygens (including phenoxy) is 1. The van der Waals surface area contributed by atoms with Crippen LogP contribution in [0.2, 0.25) is 0 Å². The lowest BCUT2D eigenvalue weighted by atomic mass is 10.1. The molecule has 0 saturated carbocycles. The summed E-state index contributed by atoms with van der Waals surface area (Å²) < 4.78 is 18.7. The van der Waals surface area contributed by atoms with E-state index in [2.05, 4.69) is 4.98 Å². The van der Waals surface area contributed by atoms with E-state index in [-0.39, 0.29) is 17.4 Å². The minimum absolute atomic E-state index is 0.114. The van der Waals surface area contributed by atoms with Crippen molar-refractivity contribution in [2.24, 2.45) is 0 Å². The van der Waals surface area contributed by atoms with Crippen molar-refractivity contribution in [2.75, 3.05) is 13.1 Å². The van der Waals surface area contributed by atoms with Crippen molar-refractivity contribution >= 4 is 23.2 Å². The number of carbonyl (C=O) groups excluding carboxylic acids is 2. The second kappa shape index (κ2) is 9.43. The highest BCUT2D eigenvalue weighted by Crippen LogP contribution is 2.26. The molecule has 0 radical (unpaired) electrons. The summed E-state index contributed by atoms with van der Waals surface area (Å²) in [5, 5.41) is 2.15. The van der Waals surface area contributed by atoms with Gasteiger partial charge in [0.25, 0.3) is 5.91 Å². The van der Waals surface area contributed by atoms with Gasteiger partial charge in [-0.05, 0) is 38.1 Å². The molecule has 0 fully saturated rings. The summed E-state index contributed by atoms with van der Waals surface area (Å²) in [6.45, 7) is 4.78. The van der Waals surface area contributed by atoms with Gasteiger partial charge < -0.3 is 9.64 Å². The molecule has 0 spiro atoms. The first-order chi connectivity index (χ1) is 14.0. The zero-order valence-corrected chi connectivity index (χ0v) is 17.0. The second-order valence-electron chi connectivity index (χ2n) is 6.25. The molecule has 29 heavy (non-hydrogen) atoms. The number of esters is 1. The van der Waals surface area contributed by atoms with Crippen LogP contribution in [0.1, 0.15) is 36.0 Å². The van der Waals surface area contributed by atoms with Crippen LogP contribution in [0.15, 0.2) is 60.0 Å². The monoisotopic (exact) mass is 412 g/mol. The maximum atomic E-state index is 13.1. The zero-order chi connectivity index (χ0) is 20.8. The number of halogens is 1. The Morgan fingerprint density at radius 2 is 1.72 bits per heavy atom. The normalized spacial score (nSPS) is 11.7. The molecule has 150 valence electrons. The molecular formula is C22H21FN2O3S. The van der Waals surface area contributed by atoms with Gasteiger partial charge in [0.1, 0.15) is 10.8 Å². The fraction of sp³-hybridized carbons (Fsp3) is 0.227. The number of rotatable bonds is 7. The number of hydrogen-bond acceptors (Lipinski definition) is 5. The molecule has 1 amide bonds. The van der Waals surface area contributed by atoms with Crippen molar-refractivity contribution < 1.29 is 18.7 Å². The van der Waals surface area contributed by atoms with E-state index in [1.54, 1.807) is 46.7 Å². The third-order valence-corrected chi connectivity index (χ3v) is 5.32. The fourth-order valence-corrected chi connectivity index (χ4v) is 3.65. The first-order valence-electron chi connectivity index (χ1n) is 9.29. The van der Waals surface area contributed by atoms with Gasteiger partial charge in [-0.1, -0.05) is 30.3 Å². The van der Waals surface area contributed by atoms with Crippen LogP contribution in [-0.2, 0) is 9.53 Å². The molecule has 3 rings (SSSR count). The number of thiazole rings is 1. The van der Waals surface area contributed by atoms with Gasteiger partial charge in [-0.15, -0.1) is 11.3 Å². The van der Waals surface area contributed by atoms with Crippen LogP contribution in [0.25, 0.3) is 10.6 Å². The number of carbonyl (C=O) groups is 2. The Kier molecular flexibility index (Phi) is 6.72. The highest BCUT2D eigenvalue weighted by Gasteiger charge is 2.29. The third-order valence-electron chi connectivity index (χ3n) is 4.43. The van der Waals surface area contributed by atoms with E-state index in [9.17, 15) is 14.0 Å². The molecule has 1 heterocycles. The standard InChI is InChI=1S/C22H21FN2O3S/c1-3-25(4-2)21(26)19(15-8-6-5-7-9-15)28-22(27)18-14-29-20(24-18)16-10-12-17(23)13-11-16/h5-14,19H,3-4H2,1-2H3/t19-/m1/s1. The van der Waals surface area contributed by atoms with Gasteiger partial charge in [-0.25, -0.2) is 14.2 Å². The summed E-state index contributed by atoms with van der Waals surface area (Å²) in [5.74, 6) is -1.29. The Labute approximate surface area is 172 Å². The van der Waals surface area contributed by atoms with Crippen LogP contribution in [0, 0.1) is 5.82 Å². The van der Waals surface area contributed by atoms with Gasteiger partial charge in [-0.3, -0.25) is 4.79 Å². The number of hydrogen-bond donors (Lipinski definition) is 0. The van der Waals surface area contributed by atoms with Crippen LogP contribution in [-0.4, -0.2) is 34.8 Å². The topological polar surface area (TPSA) is 59.5 Å². The van der Waals surface area contributed by atoms with E-state index in [1.807, 2.05) is 19.9 Å². The smallest absolute Gasteiger partial charge is 0.358 e. The summed E-state index contributed by atoms with van der Waals surface area (Å²) in [5.41, 5.74) is 1.42. The lowest BCUT2D eigenvalue weighted by Gasteiger charge is -2.25. The highest BCUT2D eigenvalue weighted by molar-refractivity contribution is 7.13. The van der Waals surface area contributed by atoms with Crippen LogP contribution in [0.3, 0.4) is 0 Å². The number of likely N-dealkylation sites (N-methyl/N-ethyl adjacent to an activating group) is 1. The highest BCUT2D eigenvalue weighted by atomic mass is 32.1. The zero-order valence-electron chi connectivity index (χ0n) is 16.2. The molecule has 0 N–H and O–H groups in total. The minimum Gasteiger partial charge on any atom is -0.443 e. The predicted molar refractivity (Wildman–Crippen MR) is 110 cm³/mol. The van der Waals surface area contributed by atoms with Crippen LogP contribution < -0.4 is 0 Å². The Bertz CT molecular complexity index is 969. The molecule has 1 atom stereocenters. The molecule has 0 aliphatic carbocycles. The summed E-state index contributed by atoms with van der Waals surface area (Å²) in [4.78, 5) is 31.6. The van der Waals surface area contributed by atoms with E-state index >= 15 is 0 Å². The van der Waals surface area contributed by atoms with Gasteiger partial charge >= 0.3 is 5.97 Å².